The Morgan fingerprint density at radius 3 is 2.24 bits per heavy atom. The minimum atomic E-state index is -1.60. The summed E-state index contributed by atoms with van der Waals surface area (Å²) >= 11 is 0. The first-order chi connectivity index (χ1) is 13.7. The number of rotatable bonds is 12. The first-order valence-corrected chi connectivity index (χ1v) is 13.8. The van der Waals surface area contributed by atoms with E-state index in [1.165, 1.54) is 5.19 Å². The lowest BCUT2D eigenvalue weighted by Crippen LogP contribution is -2.38. The molecule has 0 heterocycles. The lowest BCUT2D eigenvalue weighted by atomic mass is 10.1. The fourth-order valence-corrected chi connectivity index (χ4v) is 4.03. The molecule has 0 saturated carbocycles. The van der Waals surface area contributed by atoms with E-state index in [0.717, 1.165) is 44.6 Å². The number of unbranched alkanes of at least 4 members (excludes halogenated alkanes) is 7. The van der Waals surface area contributed by atoms with E-state index in [4.69, 9.17) is 4.84 Å². The molecule has 0 aliphatic heterocycles. The van der Waals surface area contributed by atoms with Crippen molar-refractivity contribution in [3.05, 3.63) is 42.0 Å². The van der Waals surface area contributed by atoms with Crippen molar-refractivity contribution in [1.82, 2.24) is 5.48 Å². The third kappa shape index (κ3) is 11.5. The summed E-state index contributed by atoms with van der Waals surface area (Å²) < 4.78 is 23.7. The second-order valence-electron chi connectivity index (χ2n) is 8.24. The van der Waals surface area contributed by atoms with Gasteiger partial charge in [-0.2, -0.15) is 14.3 Å². The van der Waals surface area contributed by atoms with E-state index < -0.39 is 26.0 Å². The normalized spacial score (nSPS) is 11.1. The van der Waals surface area contributed by atoms with E-state index in [2.05, 4.69) is 25.1 Å². The van der Waals surface area contributed by atoms with Crippen molar-refractivity contribution < 1.29 is 23.2 Å². The number of nitrogens with one attached hydrogen (secondary N) is 1. The molecular weight excluding hydrogens is 392 g/mol. The van der Waals surface area contributed by atoms with E-state index in [1.807, 2.05) is 18.2 Å². The molecule has 4 nitrogen and oxygen atoms in total. The van der Waals surface area contributed by atoms with Gasteiger partial charge in [-0.1, -0.05) is 75.1 Å². The predicted molar refractivity (Wildman–Crippen MR) is 115 cm³/mol. The Morgan fingerprint density at radius 1 is 1.00 bits per heavy atom. The van der Waals surface area contributed by atoms with Gasteiger partial charge in [0.05, 0.1) is 8.07 Å². The first kappa shape index (κ1) is 25.0. The number of benzene rings is 1. The number of carbonyl (C=O) groups excluding carboxylic acids is 2. The van der Waals surface area contributed by atoms with Crippen LogP contribution in [-0.4, -0.2) is 20.0 Å². The Morgan fingerprint density at radius 2 is 1.62 bits per heavy atom. The van der Waals surface area contributed by atoms with E-state index in [1.54, 1.807) is 6.07 Å². The minimum absolute atomic E-state index is 0.260. The number of carbonyl (C=O) groups is 2. The highest BCUT2D eigenvalue weighted by molar-refractivity contribution is 6.88. The molecule has 0 unspecified atom stereocenters. The van der Waals surface area contributed by atoms with Crippen molar-refractivity contribution in [2.24, 2.45) is 0 Å². The molecule has 0 radical (unpaired) electrons. The number of amides is 1. The van der Waals surface area contributed by atoms with Gasteiger partial charge in [-0.05, 0) is 31.4 Å². The second-order valence-corrected chi connectivity index (χ2v) is 13.3. The molecule has 1 amide bonds. The predicted octanol–water partition coefficient (Wildman–Crippen LogP) is 5.71. The maximum Gasteiger partial charge on any atom is 0.332 e. The van der Waals surface area contributed by atoms with Crippen LogP contribution in [0.2, 0.25) is 19.6 Å². The van der Waals surface area contributed by atoms with Gasteiger partial charge in [0, 0.05) is 12.0 Å². The van der Waals surface area contributed by atoms with Gasteiger partial charge < -0.3 is 4.84 Å². The highest BCUT2D eigenvalue weighted by Crippen LogP contribution is 2.11. The molecule has 0 aromatic heterocycles. The molecule has 1 aromatic carbocycles. The third-order valence-corrected chi connectivity index (χ3v) is 6.68. The Hall–Kier alpha value is -2.02. The molecule has 0 spiro atoms. The van der Waals surface area contributed by atoms with Crippen LogP contribution in [0.4, 0.5) is 8.78 Å². The highest BCUT2D eigenvalue weighted by Gasteiger charge is 2.18. The standard InChI is InChI=1S/C22H33F2NO3Si/c1-29(2,3)19-14-12-13-18(17-19)22(27)25-28-21(26)16-11-9-7-5-4-6-8-10-15-20(23)24/h12-15,17H,4-11,16H2,1-3H3,(H,25,27). The summed E-state index contributed by atoms with van der Waals surface area (Å²) in [5.41, 5.74) is 2.72. The molecule has 7 heteroatoms. The zero-order chi connectivity index (χ0) is 21.7. The Labute approximate surface area is 173 Å². The summed E-state index contributed by atoms with van der Waals surface area (Å²) in [4.78, 5) is 28.8. The zero-order valence-electron chi connectivity index (χ0n) is 17.7. The lowest BCUT2D eigenvalue weighted by molar-refractivity contribution is -0.149. The smallest absolute Gasteiger partial charge is 0.332 e. The third-order valence-electron chi connectivity index (χ3n) is 4.63. The fraction of sp³-hybridized carbons (Fsp3) is 0.545. The van der Waals surface area contributed by atoms with Gasteiger partial charge in [0.15, 0.2) is 0 Å². The summed E-state index contributed by atoms with van der Waals surface area (Å²) in [7, 11) is -1.52. The average molecular weight is 426 g/mol. The Balaban J connectivity index is 2.14. The van der Waals surface area contributed by atoms with Crippen molar-refractivity contribution >= 4 is 25.1 Å². The maximum absolute atomic E-state index is 12.2. The number of allylic oxidation sites excluding steroid dienone is 1. The van der Waals surface area contributed by atoms with Crippen LogP contribution >= 0.6 is 0 Å². The highest BCUT2D eigenvalue weighted by atomic mass is 28.3. The summed E-state index contributed by atoms with van der Waals surface area (Å²) in [6.45, 7) is 6.61. The van der Waals surface area contributed by atoms with E-state index in [9.17, 15) is 18.4 Å². The van der Waals surface area contributed by atoms with Gasteiger partial charge in [0.2, 0.25) is 0 Å². The van der Waals surface area contributed by atoms with Crippen LogP contribution in [0.15, 0.2) is 36.4 Å². The Bertz CT molecular complexity index is 683. The molecule has 1 N–H and O–H groups in total. The number of halogens is 2. The van der Waals surface area contributed by atoms with Gasteiger partial charge in [0.25, 0.3) is 12.0 Å². The molecule has 0 atom stereocenters. The minimum Gasteiger partial charge on any atom is -0.341 e. The molecule has 1 aromatic rings. The lowest BCUT2D eigenvalue weighted by Gasteiger charge is -2.17. The van der Waals surface area contributed by atoms with Gasteiger partial charge in [-0.15, -0.1) is 0 Å². The molecule has 1 rings (SSSR count). The van der Waals surface area contributed by atoms with Crippen LogP contribution in [-0.2, 0) is 9.63 Å². The summed E-state index contributed by atoms with van der Waals surface area (Å²) in [5.74, 6) is -0.860. The van der Waals surface area contributed by atoms with Gasteiger partial charge in [0.1, 0.15) is 0 Å². The van der Waals surface area contributed by atoms with Crippen molar-refractivity contribution in [1.29, 1.82) is 0 Å². The summed E-state index contributed by atoms with van der Waals surface area (Å²) in [6.07, 6.45) is 6.42. The number of hydrogen-bond donors (Lipinski definition) is 1. The Kier molecular flexibility index (Phi) is 11.4. The van der Waals surface area contributed by atoms with Gasteiger partial charge in [-0.25, -0.2) is 4.79 Å². The number of hydroxylamine groups is 1. The van der Waals surface area contributed by atoms with Crippen molar-refractivity contribution in [2.45, 2.75) is 77.4 Å². The molecule has 0 aliphatic carbocycles. The molecule has 0 aliphatic rings. The largest absolute Gasteiger partial charge is 0.341 e. The fourth-order valence-electron chi connectivity index (χ4n) is 2.85. The van der Waals surface area contributed by atoms with Crippen LogP contribution < -0.4 is 10.7 Å². The second kappa shape index (κ2) is 13.2. The maximum atomic E-state index is 12.2. The van der Waals surface area contributed by atoms with E-state index in [-0.39, 0.29) is 6.42 Å². The van der Waals surface area contributed by atoms with Crippen molar-refractivity contribution in [3.8, 4) is 0 Å². The molecule has 0 bridgehead atoms. The van der Waals surface area contributed by atoms with Crippen LogP contribution in [0.3, 0.4) is 0 Å². The molecule has 162 valence electrons. The molecule has 0 fully saturated rings. The van der Waals surface area contributed by atoms with E-state index in [0.29, 0.717) is 18.4 Å². The van der Waals surface area contributed by atoms with Crippen molar-refractivity contribution in [3.63, 3.8) is 0 Å². The van der Waals surface area contributed by atoms with Gasteiger partial charge in [-0.3, -0.25) is 4.79 Å². The van der Waals surface area contributed by atoms with E-state index >= 15 is 0 Å². The molecule has 29 heavy (non-hydrogen) atoms. The monoisotopic (exact) mass is 425 g/mol. The van der Waals surface area contributed by atoms with Crippen molar-refractivity contribution in [2.75, 3.05) is 0 Å². The summed E-state index contributed by atoms with van der Waals surface area (Å²) in [6, 6.07) is 7.44. The topological polar surface area (TPSA) is 55.4 Å². The summed E-state index contributed by atoms with van der Waals surface area (Å²) in [5, 5.41) is 1.17. The quantitative estimate of drug-likeness (QED) is 0.265. The average Bonchev–Trinajstić information content (AvgIpc) is 2.66. The van der Waals surface area contributed by atoms with Crippen LogP contribution in [0.5, 0.6) is 0 Å². The van der Waals surface area contributed by atoms with Crippen LogP contribution in [0, 0.1) is 0 Å². The number of hydrogen-bond acceptors (Lipinski definition) is 3. The van der Waals surface area contributed by atoms with Crippen LogP contribution in [0.25, 0.3) is 0 Å². The SMILES string of the molecule is C[Si](C)(C)c1cccc(C(=O)NOC(=O)CCCCCCCCCC=C(F)F)c1. The zero-order valence-corrected chi connectivity index (χ0v) is 18.7. The molecule has 0 saturated heterocycles. The van der Waals surface area contributed by atoms with Gasteiger partial charge >= 0.3 is 5.97 Å². The first-order valence-electron chi connectivity index (χ1n) is 10.3. The van der Waals surface area contributed by atoms with Crippen LogP contribution in [0.1, 0.15) is 68.1 Å². The molecular formula is C22H33F2NO3Si.